The standard InChI is InChI=1S/C11H20ClNO2/c1-2-6-13(7-5-12)11(14)10-4-3-8-15-9-10/h10H,2-9H2,1H3. The molecule has 15 heavy (non-hydrogen) atoms. The van der Waals surface area contributed by atoms with Crippen LogP contribution in [0, 0.1) is 5.92 Å². The Morgan fingerprint density at radius 2 is 2.33 bits per heavy atom. The van der Waals surface area contributed by atoms with E-state index >= 15 is 0 Å². The number of nitrogens with zero attached hydrogens (tertiary/aromatic N) is 1. The molecule has 3 nitrogen and oxygen atoms in total. The van der Waals surface area contributed by atoms with E-state index in [9.17, 15) is 4.79 Å². The molecule has 1 saturated heterocycles. The first kappa shape index (κ1) is 12.8. The predicted molar refractivity (Wildman–Crippen MR) is 61.1 cm³/mol. The van der Waals surface area contributed by atoms with Gasteiger partial charge in [-0.2, -0.15) is 0 Å². The molecule has 88 valence electrons. The summed E-state index contributed by atoms with van der Waals surface area (Å²) < 4.78 is 5.33. The average molecular weight is 234 g/mol. The Morgan fingerprint density at radius 1 is 1.53 bits per heavy atom. The van der Waals surface area contributed by atoms with Gasteiger partial charge in [0.1, 0.15) is 0 Å². The van der Waals surface area contributed by atoms with Crippen LogP contribution in [0.1, 0.15) is 26.2 Å². The van der Waals surface area contributed by atoms with Crippen molar-refractivity contribution in [1.29, 1.82) is 0 Å². The van der Waals surface area contributed by atoms with E-state index in [1.165, 1.54) is 0 Å². The fraction of sp³-hybridized carbons (Fsp3) is 0.909. The second-order valence-corrected chi connectivity index (χ2v) is 4.31. The third-order valence-electron chi connectivity index (χ3n) is 2.67. The summed E-state index contributed by atoms with van der Waals surface area (Å²) in [5, 5.41) is 0. The zero-order valence-electron chi connectivity index (χ0n) is 9.38. The maximum atomic E-state index is 12.1. The van der Waals surface area contributed by atoms with E-state index in [0.29, 0.717) is 19.0 Å². The van der Waals surface area contributed by atoms with Gasteiger partial charge in [0.2, 0.25) is 5.91 Å². The van der Waals surface area contributed by atoms with Gasteiger partial charge in [-0.25, -0.2) is 0 Å². The molecular formula is C11H20ClNO2. The van der Waals surface area contributed by atoms with E-state index in [1.807, 2.05) is 4.90 Å². The quantitative estimate of drug-likeness (QED) is 0.679. The molecule has 0 aromatic carbocycles. The number of alkyl halides is 1. The number of hydrogen-bond donors (Lipinski definition) is 0. The van der Waals surface area contributed by atoms with Crippen LogP contribution in [0.15, 0.2) is 0 Å². The zero-order chi connectivity index (χ0) is 11.1. The first-order chi connectivity index (χ1) is 7.29. The summed E-state index contributed by atoms with van der Waals surface area (Å²) in [6.45, 7) is 4.92. The highest BCUT2D eigenvalue weighted by atomic mass is 35.5. The van der Waals surface area contributed by atoms with Crippen molar-refractivity contribution in [3.8, 4) is 0 Å². The summed E-state index contributed by atoms with van der Waals surface area (Å²) >= 11 is 5.69. The van der Waals surface area contributed by atoms with Crippen molar-refractivity contribution in [2.24, 2.45) is 5.92 Å². The lowest BCUT2D eigenvalue weighted by Crippen LogP contribution is -2.40. The van der Waals surface area contributed by atoms with Crippen LogP contribution >= 0.6 is 11.6 Å². The van der Waals surface area contributed by atoms with Crippen molar-refractivity contribution in [3.05, 3.63) is 0 Å². The molecule has 0 bridgehead atoms. The second-order valence-electron chi connectivity index (χ2n) is 3.93. The molecule has 0 spiro atoms. The van der Waals surface area contributed by atoms with E-state index in [2.05, 4.69) is 6.92 Å². The van der Waals surface area contributed by atoms with Crippen LogP contribution in [0.25, 0.3) is 0 Å². The highest BCUT2D eigenvalue weighted by Gasteiger charge is 2.25. The summed E-state index contributed by atoms with van der Waals surface area (Å²) in [6.07, 6.45) is 2.94. The van der Waals surface area contributed by atoms with Crippen molar-refractivity contribution in [3.63, 3.8) is 0 Å². The van der Waals surface area contributed by atoms with Crippen molar-refractivity contribution < 1.29 is 9.53 Å². The Bertz CT molecular complexity index is 187. The second kappa shape index (κ2) is 7.07. The summed E-state index contributed by atoms with van der Waals surface area (Å²) in [4.78, 5) is 13.9. The molecule has 1 amide bonds. The monoisotopic (exact) mass is 233 g/mol. The van der Waals surface area contributed by atoms with Gasteiger partial charge in [-0.3, -0.25) is 4.79 Å². The van der Waals surface area contributed by atoms with Gasteiger partial charge in [0, 0.05) is 25.6 Å². The molecule has 0 saturated carbocycles. The first-order valence-electron chi connectivity index (χ1n) is 5.72. The lowest BCUT2D eigenvalue weighted by atomic mass is 10.0. The van der Waals surface area contributed by atoms with Crippen LogP contribution in [-0.4, -0.2) is 43.0 Å². The van der Waals surface area contributed by atoms with Crippen LogP contribution in [-0.2, 0) is 9.53 Å². The van der Waals surface area contributed by atoms with Crippen LogP contribution in [0.2, 0.25) is 0 Å². The summed E-state index contributed by atoms with van der Waals surface area (Å²) in [5.41, 5.74) is 0. The van der Waals surface area contributed by atoms with Crippen LogP contribution < -0.4 is 0 Å². The van der Waals surface area contributed by atoms with Gasteiger partial charge in [0.15, 0.2) is 0 Å². The Morgan fingerprint density at radius 3 is 2.87 bits per heavy atom. The molecule has 1 aliphatic heterocycles. The van der Waals surface area contributed by atoms with Gasteiger partial charge >= 0.3 is 0 Å². The lowest BCUT2D eigenvalue weighted by molar-refractivity contribution is -0.139. The minimum absolute atomic E-state index is 0.0634. The van der Waals surface area contributed by atoms with Crippen LogP contribution in [0.5, 0.6) is 0 Å². The predicted octanol–water partition coefficient (Wildman–Crippen LogP) is 1.89. The van der Waals surface area contributed by atoms with Gasteiger partial charge < -0.3 is 9.64 Å². The Hall–Kier alpha value is -0.280. The molecule has 1 fully saturated rings. The molecule has 1 unspecified atom stereocenters. The minimum Gasteiger partial charge on any atom is -0.381 e. The average Bonchev–Trinajstić information content (AvgIpc) is 2.29. The number of carbonyl (C=O) groups excluding carboxylic acids is 1. The molecule has 0 N–H and O–H groups in total. The lowest BCUT2D eigenvalue weighted by Gasteiger charge is -2.28. The zero-order valence-corrected chi connectivity index (χ0v) is 10.1. The first-order valence-corrected chi connectivity index (χ1v) is 6.25. The van der Waals surface area contributed by atoms with E-state index in [1.54, 1.807) is 0 Å². The number of rotatable bonds is 5. The van der Waals surface area contributed by atoms with Gasteiger partial charge in [0.05, 0.1) is 12.5 Å². The molecule has 0 aromatic rings. The molecule has 1 rings (SSSR count). The Kier molecular flexibility index (Phi) is 6.03. The van der Waals surface area contributed by atoms with E-state index < -0.39 is 0 Å². The Balaban J connectivity index is 2.45. The van der Waals surface area contributed by atoms with Crippen LogP contribution in [0.3, 0.4) is 0 Å². The molecular weight excluding hydrogens is 214 g/mol. The van der Waals surface area contributed by atoms with Crippen molar-refractivity contribution >= 4 is 17.5 Å². The largest absolute Gasteiger partial charge is 0.381 e. The fourth-order valence-electron chi connectivity index (χ4n) is 1.90. The third kappa shape index (κ3) is 3.99. The van der Waals surface area contributed by atoms with Gasteiger partial charge in [-0.05, 0) is 19.3 Å². The number of ether oxygens (including phenoxy) is 1. The highest BCUT2D eigenvalue weighted by molar-refractivity contribution is 6.18. The van der Waals surface area contributed by atoms with Crippen molar-refractivity contribution in [2.75, 3.05) is 32.2 Å². The molecule has 0 radical (unpaired) electrons. The van der Waals surface area contributed by atoms with Crippen molar-refractivity contribution in [2.45, 2.75) is 26.2 Å². The topological polar surface area (TPSA) is 29.5 Å². The number of amides is 1. The summed E-state index contributed by atoms with van der Waals surface area (Å²) in [5.74, 6) is 0.796. The van der Waals surface area contributed by atoms with Crippen molar-refractivity contribution in [1.82, 2.24) is 4.90 Å². The normalized spacial score (nSPS) is 21.3. The van der Waals surface area contributed by atoms with Gasteiger partial charge in [-0.15, -0.1) is 11.6 Å². The minimum atomic E-state index is 0.0634. The third-order valence-corrected chi connectivity index (χ3v) is 2.84. The number of carbonyl (C=O) groups is 1. The Labute approximate surface area is 96.7 Å². The number of hydrogen-bond acceptors (Lipinski definition) is 2. The fourth-order valence-corrected chi connectivity index (χ4v) is 2.10. The molecule has 1 heterocycles. The summed E-state index contributed by atoms with van der Waals surface area (Å²) in [7, 11) is 0. The molecule has 1 aliphatic rings. The SMILES string of the molecule is CCCN(CCCl)C(=O)C1CCCOC1. The molecule has 0 aromatic heterocycles. The van der Waals surface area contributed by atoms with Gasteiger partial charge in [0.25, 0.3) is 0 Å². The maximum Gasteiger partial charge on any atom is 0.228 e. The molecule has 4 heteroatoms. The maximum absolute atomic E-state index is 12.1. The van der Waals surface area contributed by atoms with E-state index in [-0.39, 0.29) is 11.8 Å². The van der Waals surface area contributed by atoms with E-state index in [4.69, 9.17) is 16.3 Å². The highest BCUT2D eigenvalue weighted by Crippen LogP contribution is 2.16. The molecule has 1 atom stereocenters. The van der Waals surface area contributed by atoms with Gasteiger partial charge in [-0.1, -0.05) is 6.92 Å². The number of halogens is 1. The summed E-state index contributed by atoms with van der Waals surface area (Å²) in [6, 6.07) is 0. The smallest absolute Gasteiger partial charge is 0.228 e. The molecule has 0 aliphatic carbocycles. The van der Waals surface area contributed by atoms with E-state index in [0.717, 1.165) is 32.4 Å². The van der Waals surface area contributed by atoms with Crippen LogP contribution in [0.4, 0.5) is 0 Å².